The van der Waals surface area contributed by atoms with Crippen molar-refractivity contribution in [3.63, 3.8) is 0 Å². The highest BCUT2D eigenvalue weighted by molar-refractivity contribution is 6.28. The van der Waals surface area contributed by atoms with Crippen LogP contribution in [0.3, 0.4) is 0 Å². The normalized spacial score (nSPS) is 22.6. The molecular formula is C21H19ClF3N9O7. The number of H-pyrrole nitrogens is 1. The lowest BCUT2D eigenvalue weighted by atomic mass is 9.93. The van der Waals surface area contributed by atoms with E-state index in [2.05, 4.69) is 40.3 Å². The summed E-state index contributed by atoms with van der Waals surface area (Å²) in [7, 11) is 0. The number of carboxylic acids is 1. The van der Waals surface area contributed by atoms with Crippen LogP contribution in [-0.2, 0) is 26.3 Å². The molecule has 4 heterocycles. The first-order valence-electron chi connectivity index (χ1n) is 11.5. The average molecular weight is 602 g/mol. The van der Waals surface area contributed by atoms with Crippen molar-refractivity contribution in [3.05, 3.63) is 47.3 Å². The van der Waals surface area contributed by atoms with Crippen LogP contribution in [0.25, 0.3) is 11.2 Å². The molecule has 1 aliphatic rings. The molecule has 16 nitrogen and oxygen atoms in total. The van der Waals surface area contributed by atoms with Crippen molar-refractivity contribution in [2.24, 2.45) is 0 Å². The van der Waals surface area contributed by atoms with Gasteiger partial charge in [-0.25, -0.2) is 14.9 Å². The lowest BCUT2D eigenvalue weighted by Crippen LogP contribution is -2.45. The second-order valence-corrected chi connectivity index (χ2v) is 9.15. The van der Waals surface area contributed by atoms with Crippen molar-refractivity contribution >= 4 is 34.6 Å². The van der Waals surface area contributed by atoms with E-state index in [1.807, 2.05) is 0 Å². The summed E-state index contributed by atoms with van der Waals surface area (Å²) in [4.78, 5) is 24.5. The molecule has 6 N–H and O–H groups in total. The van der Waals surface area contributed by atoms with Gasteiger partial charge in [-0.05, 0) is 39.7 Å². The molecule has 1 unspecified atom stereocenters. The Balaban J connectivity index is 1.41. The van der Waals surface area contributed by atoms with Crippen LogP contribution < -0.4 is 10.5 Å². The summed E-state index contributed by atoms with van der Waals surface area (Å²) in [6, 6.07) is 4.58. The zero-order valence-corrected chi connectivity index (χ0v) is 21.1. The number of aromatic nitrogens is 8. The fourth-order valence-electron chi connectivity index (χ4n) is 4.33. The van der Waals surface area contributed by atoms with E-state index in [0.29, 0.717) is 0 Å². The van der Waals surface area contributed by atoms with Gasteiger partial charge in [0.2, 0.25) is 10.9 Å². The van der Waals surface area contributed by atoms with Crippen LogP contribution >= 0.6 is 11.6 Å². The van der Waals surface area contributed by atoms with E-state index in [0.717, 1.165) is 12.1 Å². The largest absolute Gasteiger partial charge is 0.573 e. The Morgan fingerprint density at radius 2 is 2.02 bits per heavy atom. The number of nitrogens with zero attached hydrogens (tertiary/aromatic N) is 7. The zero-order chi connectivity index (χ0) is 29.5. The number of ether oxygens (including phenoxy) is 3. The number of benzene rings is 1. The molecule has 3 aromatic heterocycles. The zero-order valence-electron chi connectivity index (χ0n) is 20.3. The smallest absolute Gasteiger partial charge is 0.479 e. The Bertz CT molecular complexity index is 1560. The number of alkyl halides is 3. The summed E-state index contributed by atoms with van der Waals surface area (Å²) in [5.41, 5.74) is 3.70. The van der Waals surface area contributed by atoms with Gasteiger partial charge in [0.1, 0.15) is 29.6 Å². The molecule has 5 atom stereocenters. The highest BCUT2D eigenvalue weighted by Gasteiger charge is 2.50. The Labute approximate surface area is 230 Å². The summed E-state index contributed by atoms with van der Waals surface area (Å²) in [5.74, 6) is -2.66. The maximum Gasteiger partial charge on any atom is 0.573 e. The molecule has 0 saturated carbocycles. The van der Waals surface area contributed by atoms with E-state index >= 15 is 0 Å². The van der Waals surface area contributed by atoms with Crippen LogP contribution in [0, 0.1) is 0 Å². The summed E-state index contributed by atoms with van der Waals surface area (Å²) in [5, 5.41) is 44.1. The number of rotatable bonds is 9. The van der Waals surface area contributed by atoms with Crippen molar-refractivity contribution in [3.8, 4) is 5.75 Å². The molecule has 5 rings (SSSR count). The van der Waals surface area contributed by atoms with E-state index in [-0.39, 0.29) is 27.8 Å². The third-order valence-corrected chi connectivity index (χ3v) is 6.35. The number of imidazole rings is 1. The van der Waals surface area contributed by atoms with E-state index < -0.39 is 67.1 Å². The Morgan fingerprint density at radius 1 is 1.24 bits per heavy atom. The molecule has 0 bridgehead atoms. The molecule has 0 spiro atoms. The van der Waals surface area contributed by atoms with Gasteiger partial charge >= 0.3 is 12.3 Å². The van der Waals surface area contributed by atoms with Gasteiger partial charge in [0.05, 0.1) is 12.9 Å². The highest BCUT2D eigenvalue weighted by atomic mass is 35.5. The standard InChI is InChI=1S/C21H19ClF3N9O7/c22-19-28-14(26)11-15(29-19)34(7-27-11)16-13(36)12(35)10(40-16)6-39-20(18(37)38,17-30-32-33-31-17)5-8-2-1-3-9(4-8)41-21(23,24)25/h1-4,7,10,12-13,16,35-36H,5-6H2,(H,37,38)(H2,26,28,29)(H,30,31,32,33)/t10-,12-,13-,16-,20?/m1/s1. The number of carboxylic acid groups (broad SMARTS) is 1. The van der Waals surface area contributed by atoms with Crippen molar-refractivity contribution in [2.75, 3.05) is 12.3 Å². The number of aliphatic hydroxyl groups excluding tert-OH is 2. The monoisotopic (exact) mass is 601 g/mol. The number of hydrogen-bond acceptors (Lipinski definition) is 13. The summed E-state index contributed by atoms with van der Waals surface area (Å²) in [6.45, 7) is -0.648. The lowest BCUT2D eigenvalue weighted by Gasteiger charge is -2.29. The number of nitrogens with one attached hydrogen (secondary N) is 1. The number of aliphatic carboxylic acids is 1. The fourth-order valence-corrected chi connectivity index (χ4v) is 4.50. The first-order valence-corrected chi connectivity index (χ1v) is 11.9. The third kappa shape index (κ3) is 5.57. The van der Waals surface area contributed by atoms with E-state index in [4.69, 9.17) is 26.8 Å². The molecule has 1 aromatic carbocycles. The second-order valence-electron chi connectivity index (χ2n) is 8.81. The number of nitrogen functional groups attached to an aromatic ring is 1. The fraction of sp³-hybridized carbons (Fsp3) is 0.381. The number of tetrazole rings is 1. The minimum Gasteiger partial charge on any atom is -0.479 e. The number of anilines is 1. The van der Waals surface area contributed by atoms with Gasteiger partial charge in [0.15, 0.2) is 23.5 Å². The van der Waals surface area contributed by atoms with Gasteiger partial charge in [-0.1, -0.05) is 12.1 Å². The molecule has 0 aliphatic carbocycles. The molecule has 0 radical (unpaired) electrons. The molecule has 1 saturated heterocycles. The number of fused-ring (bicyclic) bond motifs is 1. The Kier molecular flexibility index (Phi) is 7.38. The third-order valence-electron chi connectivity index (χ3n) is 6.18. The lowest BCUT2D eigenvalue weighted by molar-refractivity contribution is -0.274. The van der Waals surface area contributed by atoms with Gasteiger partial charge in [0.25, 0.3) is 0 Å². The maximum atomic E-state index is 12.7. The van der Waals surface area contributed by atoms with E-state index in [9.17, 15) is 33.3 Å². The van der Waals surface area contributed by atoms with Gasteiger partial charge in [-0.3, -0.25) is 4.57 Å². The van der Waals surface area contributed by atoms with Crippen LogP contribution in [-0.4, -0.2) is 92.7 Å². The topological polar surface area (TPSA) is 230 Å². The van der Waals surface area contributed by atoms with E-state index in [1.54, 1.807) is 0 Å². The van der Waals surface area contributed by atoms with Gasteiger partial charge < -0.3 is 35.3 Å². The van der Waals surface area contributed by atoms with Crippen LogP contribution in [0.4, 0.5) is 19.0 Å². The maximum absolute atomic E-state index is 12.7. The summed E-state index contributed by atoms with van der Waals surface area (Å²) < 4.78 is 54.9. The van der Waals surface area contributed by atoms with Crippen molar-refractivity contribution in [2.45, 2.75) is 42.9 Å². The summed E-state index contributed by atoms with van der Waals surface area (Å²) >= 11 is 5.89. The number of carbonyl (C=O) groups is 1. The van der Waals surface area contributed by atoms with Crippen LogP contribution in [0.5, 0.6) is 5.75 Å². The predicted octanol–water partition coefficient (Wildman–Crippen LogP) is 0.332. The number of halogens is 4. The van der Waals surface area contributed by atoms with Crippen LogP contribution in [0.15, 0.2) is 30.6 Å². The molecule has 1 aliphatic heterocycles. The van der Waals surface area contributed by atoms with Crippen LogP contribution in [0.1, 0.15) is 17.6 Å². The molecule has 41 heavy (non-hydrogen) atoms. The minimum atomic E-state index is -4.98. The molecule has 0 amide bonds. The van der Waals surface area contributed by atoms with Gasteiger partial charge in [-0.2, -0.15) is 9.97 Å². The average Bonchev–Trinajstić information content (AvgIpc) is 3.62. The molecule has 20 heteroatoms. The molecule has 4 aromatic rings. The Morgan fingerprint density at radius 3 is 2.71 bits per heavy atom. The number of aromatic amines is 1. The predicted molar refractivity (Wildman–Crippen MR) is 127 cm³/mol. The van der Waals surface area contributed by atoms with E-state index in [1.165, 1.54) is 23.0 Å². The van der Waals surface area contributed by atoms with Gasteiger partial charge in [0, 0.05) is 6.42 Å². The van der Waals surface area contributed by atoms with Crippen molar-refractivity contribution in [1.82, 2.24) is 40.1 Å². The molecular weight excluding hydrogens is 583 g/mol. The summed E-state index contributed by atoms with van der Waals surface area (Å²) in [6.07, 6.45) is -10.1. The SMILES string of the molecule is Nc1nc(Cl)nc2c1ncn2[C@@H]1O[C@H](COC(Cc2cccc(OC(F)(F)F)c2)(C(=O)O)c2nnn[nH]2)[C@@H](O)[C@H]1O. The Hall–Kier alpha value is -4.17. The first-order chi connectivity index (χ1) is 19.4. The highest BCUT2D eigenvalue weighted by Crippen LogP contribution is 2.35. The molecule has 1 fully saturated rings. The van der Waals surface area contributed by atoms with Gasteiger partial charge in [-0.15, -0.1) is 18.3 Å². The first kappa shape index (κ1) is 28.4. The second kappa shape index (κ2) is 10.7. The number of nitrogens with two attached hydrogens (primary N) is 1. The number of hydrogen-bond donors (Lipinski definition) is 5. The van der Waals surface area contributed by atoms with Crippen molar-refractivity contribution in [1.29, 1.82) is 0 Å². The quantitative estimate of drug-likeness (QED) is 0.163. The van der Waals surface area contributed by atoms with Crippen molar-refractivity contribution < 1.29 is 47.5 Å². The number of aliphatic hydroxyl groups is 2. The van der Waals surface area contributed by atoms with Crippen LogP contribution in [0.2, 0.25) is 5.28 Å². The molecule has 218 valence electrons. The minimum absolute atomic E-state index is 0.0386.